The van der Waals surface area contributed by atoms with Gasteiger partial charge in [-0.25, -0.2) is 0 Å². The number of carboxylic acid groups (broad SMARTS) is 1. The highest BCUT2D eigenvalue weighted by Crippen LogP contribution is 2.30. The van der Waals surface area contributed by atoms with Gasteiger partial charge in [-0.15, -0.1) is 0 Å². The lowest BCUT2D eigenvalue weighted by Crippen LogP contribution is -2.21. The Hall–Kier alpha value is -1.25. The molecular formula is C10H13NO2. The maximum absolute atomic E-state index is 11.0. The van der Waals surface area contributed by atoms with Crippen LogP contribution in [0.15, 0.2) is 12.3 Å². The van der Waals surface area contributed by atoms with Crippen molar-refractivity contribution in [3.8, 4) is 0 Å². The Bertz CT molecular complexity index is 341. The number of rotatable bonds is 1. The molecule has 0 saturated carbocycles. The normalized spacial score (nSPS) is 21.2. The van der Waals surface area contributed by atoms with E-state index in [2.05, 4.69) is 4.57 Å². The van der Waals surface area contributed by atoms with Crippen molar-refractivity contribution >= 4 is 5.97 Å². The zero-order valence-corrected chi connectivity index (χ0v) is 7.66. The molecule has 1 aromatic heterocycles. The summed E-state index contributed by atoms with van der Waals surface area (Å²) < 4.78 is 2.07. The van der Waals surface area contributed by atoms with Crippen molar-refractivity contribution in [2.75, 3.05) is 0 Å². The fourth-order valence-electron chi connectivity index (χ4n) is 2.11. The Morgan fingerprint density at radius 1 is 1.69 bits per heavy atom. The fourth-order valence-corrected chi connectivity index (χ4v) is 2.11. The number of carboxylic acids is 1. The summed E-state index contributed by atoms with van der Waals surface area (Å²) in [7, 11) is 0. The molecule has 0 radical (unpaired) electrons. The zero-order chi connectivity index (χ0) is 9.42. The van der Waals surface area contributed by atoms with Crippen LogP contribution in [0.3, 0.4) is 0 Å². The Morgan fingerprint density at radius 2 is 2.46 bits per heavy atom. The molecule has 70 valence electrons. The van der Waals surface area contributed by atoms with Crippen molar-refractivity contribution < 1.29 is 9.90 Å². The minimum atomic E-state index is -0.692. The summed E-state index contributed by atoms with van der Waals surface area (Å²) in [5.41, 5.74) is 2.10. The first-order valence-electron chi connectivity index (χ1n) is 4.58. The second-order valence-corrected chi connectivity index (χ2v) is 3.61. The molecule has 1 aliphatic rings. The predicted molar refractivity (Wildman–Crippen MR) is 48.8 cm³/mol. The number of aromatic nitrogens is 1. The van der Waals surface area contributed by atoms with E-state index in [0.717, 1.165) is 30.6 Å². The summed E-state index contributed by atoms with van der Waals surface area (Å²) in [5, 5.41) is 9.01. The maximum Gasteiger partial charge on any atom is 0.312 e. The Kier molecular flexibility index (Phi) is 1.87. The lowest BCUT2D eigenvalue weighted by atomic mass is 9.94. The van der Waals surface area contributed by atoms with Crippen molar-refractivity contribution in [3.05, 3.63) is 23.5 Å². The molecule has 1 aromatic rings. The van der Waals surface area contributed by atoms with Gasteiger partial charge in [0.15, 0.2) is 0 Å². The first-order chi connectivity index (χ1) is 6.20. The predicted octanol–water partition coefficient (Wildman–Crippen LogP) is 1.76. The quantitative estimate of drug-likeness (QED) is 0.713. The van der Waals surface area contributed by atoms with E-state index in [-0.39, 0.29) is 5.92 Å². The lowest BCUT2D eigenvalue weighted by Gasteiger charge is -2.22. The minimum absolute atomic E-state index is 0.288. The molecule has 13 heavy (non-hydrogen) atoms. The summed E-state index contributed by atoms with van der Waals surface area (Å²) in [4.78, 5) is 11.0. The van der Waals surface area contributed by atoms with Crippen LogP contribution in [0.25, 0.3) is 0 Å². The summed E-state index contributed by atoms with van der Waals surface area (Å²) >= 11 is 0. The van der Waals surface area contributed by atoms with Crippen LogP contribution in [0.1, 0.15) is 30.0 Å². The molecule has 0 amide bonds. The van der Waals surface area contributed by atoms with Crippen LogP contribution < -0.4 is 0 Å². The zero-order valence-electron chi connectivity index (χ0n) is 7.66. The van der Waals surface area contributed by atoms with Crippen LogP contribution >= 0.6 is 0 Å². The topological polar surface area (TPSA) is 42.2 Å². The molecule has 2 heterocycles. The molecular weight excluding hydrogens is 166 g/mol. The Balaban J connectivity index is 2.46. The van der Waals surface area contributed by atoms with Gasteiger partial charge < -0.3 is 9.67 Å². The van der Waals surface area contributed by atoms with Crippen molar-refractivity contribution in [1.82, 2.24) is 4.57 Å². The Labute approximate surface area is 77.0 Å². The second kappa shape index (κ2) is 2.91. The minimum Gasteiger partial charge on any atom is -0.481 e. The highest BCUT2D eigenvalue weighted by Gasteiger charge is 2.27. The van der Waals surface area contributed by atoms with Crippen LogP contribution in [-0.4, -0.2) is 15.6 Å². The third kappa shape index (κ3) is 1.24. The van der Waals surface area contributed by atoms with Crippen molar-refractivity contribution in [2.45, 2.75) is 32.2 Å². The first-order valence-corrected chi connectivity index (χ1v) is 4.58. The Morgan fingerprint density at radius 3 is 3.15 bits per heavy atom. The smallest absolute Gasteiger partial charge is 0.312 e. The van der Waals surface area contributed by atoms with E-state index in [1.807, 2.05) is 19.2 Å². The number of fused-ring (bicyclic) bond motifs is 1. The van der Waals surface area contributed by atoms with Gasteiger partial charge in [-0.1, -0.05) is 0 Å². The van der Waals surface area contributed by atoms with Crippen LogP contribution in [0, 0.1) is 6.92 Å². The van der Waals surface area contributed by atoms with E-state index < -0.39 is 5.97 Å². The van der Waals surface area contributed by atoms with E-state index in [1.54, 1.807) is 0 Å². The van der Waals surface area contributed by atoms with Gasteiger partial charge in [0.25, 0.3) is 0 Å². The summed E-state index contributed by atoms with van der Waals surface area (Å²) in [5.74, 6) is -0.980. The molecule has 0 aromatic carbocycles. The summed E-state index contributed by atoms with van der Waals surface area (Å²) in [6, 6.07) is 2.00. The van der Waals surface area contributed by atoms with Crippen molar-refractivity contribution in [2.24, 2.45) is 0 Å². The van der Waals surface area contributed by atoms with Gasteiger partial charge in [0.1, 0.15) is 0 Å². The van der Waals surface area contributed by atoms with Crippen LogP contribution in [0.4, 0.5) is 0 Å². The molecule has 3 nitrogen and oxygen atoms in total. The molecule has 0 spiro atoms. The molecule has 0 aliphatic carbocycles. The summed E-state index contributed by atoms with van der Waals surface area (Å²) in [6.07, 6.45) is 3.73. The third-order valence-corrected chi connectivity index (χ3v) is 2.74. The highest BCUT2D eigenvalue weighted by atomic mass is 16.4. The molecule has 1 atom stereocenters. The van der Waals surface area contributed by atoms with Crippen molar-refractivity contribution in [3.63, 3.8) is 0 Å². The lowest BCUT2D eigenvalue weighted by molar-refractivity contribution is -0.139. The number of aliphatic carboxylic acids is 1. The monoisotopic (exact) mass is 179 g/mol. The number of carbonyl (C=O) groups is 1. The molecule has 0 saturated heterocycles. The molecule has 1 N–H and O–H groups in total. The summed E-state index contributed by atoms with van der Waals surface area (Å²) in [6.45, 7) is 2.94. The average molecular weight is 179 g/mol. The first kappa shape index (κ1) is 8.35. The second-order valence-electron chi connectivity index (χ2n) is 3.61. The standard InChI is InChI=1S/C10H13NO2/c1-7-4-6-11-5-2-3-8(9(7)11)10(12)13/h4,6,8H,2-3,5H2,1H3,(H,12,13). The molecule has 1 unspecified atom stereocenters. The van der Waals surface area contributed by atoms with Crippen LogP contribution in [0.2, 0.25) is 0 Å². The van der Waals surface area contributed by atoms with E-state index in [4.69, 9.17) is 5.11 Å². The average Bonchev–Trinajstić information content (AvgIpc) is 2.48. The third-order valence-electron chi connectivity index (χ3n) is 2.74. The molecule has 1 aliphatic heterocycles. The molecule has 2 rings (SSSR count). The molecule has 3 heteroatoms. The number of hydrogen-bond donors (Lipinski definition) is 1. The van der Waals surface area contributed by atoms with Gasteiger partial charge in [-0.2, -0.15) is 0 Å². The maximum atomic E-state index is 11.0. The van der Waals surface area contributed by atoms with Gasteiger partial charge in [-0.3, -0.25) is 4.79 Å². The van der Waals surface area contributed by atoms with Crippen molar-refractivity contribution in [1.29, 1.82) is 0 Å². The largest absolute Gasteiger partial charge is 0.481 e. The van der Waals surface area contributed by atoms with E-state index in [9.17, 15) is 4.79 Å². The number of aryl methyl sites for hydroxylation is 2. The van der Waals surface area contributed by atoms with Gasteiger partial charge in [0.05, 0.1) is 5.92 Å². The highest BCUT2D eigenvalue weighted by molar-refractivity contribution is 5.76. The van der Waals surface area contributed by atoms with E-state index in [0.29, 0.717) is 0 Å². The fraction of sp³-hybridized carbons (Fsp3) is 0.500. The SMILES string of the molecule is Cc1ccn2c1C(C(=O)O)CCC2. The van der Waals surface area contributed by atoms with Gasteiger partial charge in [0.2, 0.25) is 0 Å². The van der Waals surface area contributed by atoms with E-state index in [1.165, 1.54) is 0 Å². The van der Waals surface area contributed by atoms with Gasteiger partial charge in [0, 0.05) is 18.4 Å². The van der Waals surface area contributed by atoms with Crippen LogP contribution in [-0.2, 0) is 11.3 Å². The number of hydrogen-bond acceptors (Lipinski definition) is 1. The van der Waals surface area contributed by atoms with Gasteiger partial charge >= 0.3 is 5.97 Å². The number of nitrogens with zero attached hydrogens (tertiary/aromatic N) is 1. The molecule has 0 fully saturated rings. The van der Waals surface area contributed by atoms with Gasteiger partial charge in [-0.05, 0) is 31.4 Å². The molecule has 0 bridgehead atoms. The van der Waals surface area contributed by atoms with E-state index >= 15 is 0 Å². The van der Waals surface area contributed by atoms with Crippen LogP contribution in [0.5, 0.6) is 0 Å².